The van der Waals surface area contributed by atoms with E-state index in [1.165, 1.54) is 38.5 Å². The molecule has 0 heterocycles. The fraction of sp³-hybridized carbons (Fsp3) is 0.882. The molecule has 3 nitrogen and oxygen atoms in total. The van der Waals surface area contributed by atoms with Crippen molar-refractivity contribution in [2.75, 3.05) is 6.54 Å². The van der Waals surface area contributed by atoms with E-state index in [4.69, 9.17) is 12.2 Å². The van der Waals surface area contributed by atoms with Gasteiger partial charge in [-0.15, -0.1) is 0 Å². The van der Waals surface area contributed by atoms with Crippen LogP contribution in [0.15, 0.2) is 0 Å². The van der Waals surface area contributed by atoms with Gasteiger partial charge in [-0.25, -0.2) is 0 Å². The molecule has 0 atom stereocenters. The Morgan fingerprint density at radius 2 is 1.67 bits per heavy atom. The molecule has 0 aromatic rings. The van der Waals surface area contributed by atoms with E-state index in [9.17, 15) is 4.79 Å². The highest BCUT2D eigenvalue weighted by Crippen LogP contribution is 2.61. The molecule has 0 spiro atoms. The van der Waals surface area contributed by atoms with Crippen LogP contribution < -0.4 is 10.6 Å². The molecule has 0 unspecified atom stereocenters. The first-order valence-electron chi connectivity index (χ1n) is 8.52. The van der Waals surface area contributed by atoms with Gasteiger partial charge < -0.3 is 10.6 Å². The molecule has 4 aliphatic carbocycles. The number of hydrogen-bond acceptors (Lipinski definition) is 2. The third-order valence-corrected chi connectivity index (χ3v) is 5.87. The summed E-state index contributed by atoms with van der Waals surface area (Å²) >= 11 is 5.22. The van der Waals surface area contributed by atoms with Crippen molar-refractivity contribution in [1.29, 1.82) is 0 Å². The second-order valence-electron chi connectivity index (χ2n) is 8.25. The minimum absolute atomic E-state index is 0.123. The lowest BCUT2D eigenvalue weighted by atomic mass is 9.49. The summed E-state index contributed by atoms with van der Waals surface area (Å²) in [6, 6.07) is 0. The number of carbonyl (C=O) groups excluding carboxylic acids is 1. The van der Waals surface area contributed by atoms with Gasteiger partial charge in [0, 0.05) is 13.0 Å². The zero-order valence-electron chi connectivity index (χ0n) is 13.3. The average molecular weight is 308 g/mol. The lowest BCUT2D eigenvalue weighted by Crippen LogP contribution is -2.49. The predicted octanol–water partition coefficient (Wildman–Crippen LogP) is 3.24. The van der Waals surface area contributed by atoms with Crippen molar-refractivity contribution in [3.8, 4) is 0 Å². The summed E-state index contributed by atoms with van der Waals surface area (Å²) < 4.78 is 0. The maximum Gasteiger partial charge on any atom is 0.226 e. The van der Waals surface area contributed by atoms with Crippen LogP contribution in [0.1, 0.15) is 58.8 Å². The number of amides is 1. The summed E-state index contributed by atoms with van der Waals surface area (Å²) in [5, 5.41) is 6.51. The van der Waals surface area contributed by atoms with Crippen molar-refractivity contribution in [3.63, 3.8) is 0 Å². The summed E-state index contributed by atoms with van der Waals surface area (Å²) in [7, 11) is 0. The van der Waals surface area contributed by atoms with Crippen molar-refractivity contribution in [1.82, 2.24) is 10.6 Å². The van der Waals surface area contributed by atoms with E-state index in [-0.39, 0.29) is 5.91 Å². The molecule has 4 aliphatic rings. The second-order valence-corrected chi connectivity index (χ2v) is 8.65. The molecule has 21 heavy (non-hydrogen) atoms. The normalized spacial score (nSPS) is 36.8. The molecule has 0 aliphatic heterocycles. The van der Waals surface area contributed by atoms with Gasteiger partial charge in [-0.3, -0.25) is 4.79 Å². The highest BCUT2D eigenvalue weighted by molar-refractivity contribution is 7.80. The third kappa shape index (κ3) is 3.58. The maximum atomic E-state index is 12.3. The number of thiocarbonyl (C=S) groups is 1. The van der Waals surface area contributed by atoms with Gasteiger partial charge in [0.15, 0.2) is 5.11 Å². The quantitative estimate of drug-likeness (QED) is 0.783. The van der Waals surface area contributed by atoms with Crippen LogP contribution in [0.2, 0.25) is 0 Å². The van der Waals surface area contributed by atoms with Crippen molar-refractivity contribution in [2.24, 2.45) is 29.1 Å². The molecule has 4 fully saturated rings. The van der Waals surface area contributed by atoms with E-state index in [0.717, 1.165) is 24.3 Å². The molecule has 1 amide bonds. The Labute approximate surface area is 133 Å². The Bertz CT molecular complexity index is 397. The molecule has 0 aromatic carbocycles. The molecule has 4 saturated carbocycles. The average Bonchev–Trinajstić information content (AvgIpc) is 2.33. The van der Waals surface area contributed by atoms with Crippen LogP contribution in [0.3, 0.4) is 0 Å². The standard InChI is InChI=1S/C17H28N2OS/c1-11(2)10-18-16(21)19-15(20)9-17-6-12-3-13(7-17)5-14(4-12)8-17/h11-14H,3-10H2,1-2H3,(H2,18,19,20,21). The Balaban J connectivity index is 1.52. The number of hydrogen-bond donors (Lipinski definition) is 2. The molecular formula is C17H28N2OS. The smallest absolute Gasteiger partial charge is 0.226 e. The number of rotatable bonds is 4. The second kappa shape index (κ2) is 5.86. The molecule has 4 rings (SSSR count). The Morgan fingerprint density at radius 3 is 2.14 bits per heavy atom. The van der Waals surface area contributed by atoms with E-state index < -0.39 is 0 Å². The summed E-state index contributed by atoms with van der Waals surface area (Å²) in [5.41, 5.74) is 0.298. The van der Waals surface area contributed by atoms with E-state index >= 15 is 0 Å². The van der Waals surface area contributed by atoms with Crippen LogP contribution in [0.25, 0.3) is 0 Å². The minimum Gasteiger partial charge on any atom is -0.362 e. The van der Waals surface area contributed by atoms with Gasteiger partial charge in [0.05, 0.1) is 0 Å². The highest BCUT2D eigenvalue weighted by Gasteiger charge is 2.51. The predicted molar refractivity (Wildman–Crippen MR) is 88.8 cm³/mol. The molecule has 0 aromatic heterocycles. The third-order valence-electron chi connectivity index (χ3n) is 5.62. The zero-order valence-corrected chi connectivity index (χ0v) is 14.1. The summed E-state index contributed by atoms with van der Waals surface area (Å²) in [4.78, 5) is 12.3. The summed E-state index contributed by atoms with van der Waals surface area (Å²) in [6.07, 6.45) is 8.79. The van der Waals surface area contributed by atoms with Crippen molar-refractivity contribution < 1.29 is 4.79 Å². The molecule has 4 heteroatoms. The highest BCUT2D eigenvalue weighted by atomic mass is 32.1. The Kier molecular flexibility index (Phi) is 4.26. The first-order valence-corrected chi connectivity index (χ1v) is 8.93. The molecule has 118 valence electrons. The Morgan fingerprint density at radius 1 is 1.14 bits per heavy atom. The van der Waals surface area contributed by atoms with Crippen molar-refractivity contribution >= 4 is 23.2 Å². The maximum absolute atomic E-state index is 12.3. The van der Waals surface area contributed by atoms with Crippen molar-refractivity contribution in [2.45, 2.75) is 58.8 Å². The zero-order chi connectivity index (χ0) is 15.0. The summed E-state index contributed by atoms with van der Waals surface area (Å²) in [5.74, 6) is 3.35. The van der Waals surface area contributed by atoms with Gasteiger partial charge in [0.1, 0.15) is 0 Å². The van der Waals surface area contributed by atoms with Crippen LogP contribution in [0.5, 0.6) is 0 Å². The molecule has 4 bridgehead atoms. The van der Waals surface area contributed by atoms with Crippen LogP contribution in [0.4, 0.5) is 0 Å². The van der Waals surface area contributed by atoms with E-state index in [0.29, 0.717) is 22.9 Å². The van der Waals surface area contributed by atoms with E-state index in [2.05, 4.69) is 24.5 Å². The minimum atomic E-state index is 0.123. The fourth-order valence-corrected chi connectivity index (χ4v) is 5.56. The molecular weight excluding hydrogens is 280 g/mol. The number of carbonyl (C=O) groups is 1. The first-order chi connectivity index (χ1) is 9.94. The van der Waals surface area contributed by atoms with Crippen LogP contribution in [-0.2, 0) is 4.79 Å². The summed E-state index contributed by atoms with van der Waals surface area (Å²) in [6.45, 7) is 5.08. The van der Waals surface area contributed by atoms with Gasteiger partial charge in [0.2, 0.25) is 5.91 Å². The van der Waals surface area contributed by atoms with Gasteiger partial charge in [-0.2, -0.15) is 0 Å². The number of nitrogens with one attached hydrogen (secondary N) is 2. The monoisotopic (exact) mass is 308 g/mol. The molecule has 2 N–H and O–H groups in total. The van der Waals surface area contributed by atoms with E-state index in [1.54, 1.807) is 0 Å². The molecule has 0 saturated heterocycles. The van der Waals surface area contributed by atoms with Crippen molar-refractivity contribution in [3.05, 3.63) is 0 Å². The van der Waals surface area contributed by atoms with Gasteiger partial charge in [-0.1, -0.05) is 13.8 Å². The van der Waals surface area contributed by atoms with Crippen LogP contribution in [-0.4, -0.2) is 17.6 Å². The molecule has 0 radical (unpaired) electrons. The lowest BCUT2D eigenvalue weighted by molar-refractivity contribution is -0.128. The fourth-order valence-electron chi connectivity index (χ4n) is 5.36. The Hall–Kier alpha value is -0.640. The first kappa shape index (κ1) is 15.3. The van der Waals surface area contributed by atoms with E-state index in [1.807, 2.05) is 0 Å². The topological polar surface area (TPSA) is 41.1 Å². The SMILES string of the molecule is CC(C)CNC(=S)NC(=O)CC12CC3CC(CC(C3)C1)C2. The van der Waals surface area contributed by atoms with Gasteiger partial charge >= 0.3 is 0 Å². The lowest BCUT2D eigenvalue weighted by Gasteiger charge is -2.56. The van der Waals surface area contributed by atoms with Gasteiger partial charge in [0.25, 0.3) is 0 Å². The van der Waals surface area contributed by atoms with Gasteiger partial charge in [-0.05, 0) is 79.8 Å². The van der Waals surface area contributed by atoms with Crippen LogP contribution in [0, 0.1) is 29.1 Å². The largest absolute Gasteiger partial charge is 0.362 e. The van der Waals surface area contributed by atoms with Crippen LogP contribution >= 0.6 is 12.2 Å².